The number of halogens is 3. The topological polar surface area (TPSA) is 92.9 Å². The van der Waals surface area contributed by atoms with E-state index < -0.39 is 17.7 Å². The second kappa shape index (κ2) is 10.6. The van der Waals surface area contributed by atoms with Crippen molar-refractivity contribution in [2.75, 3.05) is 5.32 Å². The third-order valence-corrected chi connectivity index (χ3v) is 7.85. The summed E-state index contributed by atoms with van der Waals surface area (Å²) >= 11 is 0. The van der Waals surface area contributed by atoms with E-state index in [1.165, 1.54) is 12.1 Å². The number of imidazole rings is 1. The van der Waals surface area contributed by atoms with E-state index in [0.29, 0.717) is 45.4 Å². The molecular weight excluding hydrogens is 519 g/mol. The Morgan fingerprint density at radius 3 is 2.40 bits per heavy atom. The van der Waals surface area contributed by atoms with Gasteiger partial charge in [0.05, 0.1) is 11.1 Å². The largest absolute Gasteiger partial charge is 0.476 e. The molecule has 0 radical (unpaired) electrons. The number of hydrogen-bond acceptors (Lipinski definition) is 5. The Morgan fingerprint density at radius 1 is 1.12 bits per heavy atom. The summed E-state index contributed by atoms with van der Waals surface area (Å²) in [5.74, 6) is 0.406. The summed E-state index contributed by atoms with van der Waals surface area (Å²) in [5.41, 5.74) is 2.93. The first kappa shape index (κ1) is 27.6. The third kappa shape index (κ3) is 5.26. The van der Waals surface area contributed by atoms with Crippen molar-refractivity contribution >= 4 is 22.8 Å². The fraction of sp³-hybridized carbons (Fsp3) is 0.400. The SMILES string of the molecule is Cc1c(C(=O)O)nc(N[C@H](C)C2CCC2)c2c1nc(-c1cc(C(C)C)ccn1)n2Cc1ccc(C(F)(F)F)cc1. The summed E-state index contributed by atoms with van der Waals surface area (Å²) in [6.45, 7) is 8.07. The maximum absolute atomic E-state index is 13.2. The molecule has 40 heavy (non-hydrogen) atoms. The van der Waals surface area contributed by atoms with Gasteiger partial charge in [-0.2, -0.15) is 13.2 Å². The summed E-state index contributed by atoms with van der Waals surface area (Å²) in [5, 5.41) is 13.4. The van der Waals surface area contributed by atoms with Crippen molar-refractivity contribution in [3.63, 3.8) is 0 Å². The normalized spacial score (nSPS) is 14.9. The van der Waals surface area contributed by atoms with E-state index in [-0.39, 0.29) is 24.2 Å². The smallest absolute Gasteiger partial charge is 0.416 e. The van der Waals surface area contributed by atoms with Crippen LogP contribution in [0, 0.1) is 12.8 Å². The maximum atomic E-state index is 13.2. The number of aromatic nitrogens is 4. The van der Waals surface area contributed by atoms with Gasteiger partial charge in [0.15, 0.2) is 17.3 Å². The molecule has 10 heteroatoms. The van der Waals surface area contributed by atoms with E-state index >= 15 is 0 Å². The Morgan fingerprint density at radius 2 is 1.82 bits per heavy atom. The Labute approximate surface area is 230 Å². The zero-order valence-corrected chi connectivity index (χ0v) is 22.9. The van der Waals surface area contributed by atoms with Crippen LogP contribution in [0.15, 0.2) is 42.6 Å². The van der Waals surface area contributed by atoms with E-state index in [2.05, 4.69) is 36.1 Å². The van der Waals surface area contributed by atoms with Gasteiger partial charge in [-0.1, -0.05) is 32.4 Å². The van der Waals surface area contributed by atoms with Crippen LogP contribution in [0.3, 0.4) is 0 Å². The van der Waals surface area contributed by atoms with Gasteiger partial charge in [0, 0.05) is 24.3 Å². The van der Waals surface area contributed by atoms with Crippen molar-refractivity contribution in [1.29, 1.82) is 0 Å². The van der Waals surface area contributed by atoms with E-state index in [9.17, 15) is 23.1 Å². The summed E-state index contributed by atoms with van der Waals surface area (Å²) < 4.78 is 41.6. The number of aryl methyl sites for hydroxylation is 1. The summed E-state index contributed by atoms with van der Waals surface area (Å²) in [7, 11) is 0. The van der Waals surface area contributed by atoms with E-state index in [0.717, 1.165) is 37.0 Å². The number of fused-ring (bicyclic) bond motifs is 1. The average Bonchev–Trinajstić information content (AvgIpc) is 3.24. The molecule has 3 heterocycles. The Balaban J connectivity index is 1.73. The van der Waals surface area contributed by atoms with Gasteiger partial charge < -0.3 is 15.0 Å². The highest BCUT2D eigenvalue weighted by atomic mass is 19.4. The van der Waals surface area contributed by atoms with Gasteiger partial charge in [0.1, 0.15) is 11.2 Å². The standard InChI is InChI=1S/C30H32F3N5O2/c1-16(2)21-12-13-34-23(14-21)28-37-24-17(3)25(29(39)40)36-27(35-18(4)20-6-5-7-20)26(24)38(28)15-19-8-10-22(11-9-19)30(31,32)33/h8-14,16,18,20H,5-7,15H2,1-4H3,(H,35,36)(H,39,40)/t18-/m1/s1. The molecule has 2 N–H and O–H groups in total. The highest BCUT2D eigenvalue weighted by molar-refractivity contribution is 5.99. The van der Waals surface area contributed by atoms with Crippen LogP contribution in [-0.2, 0) is 12.7 Å². The minimum absolute atomic E-state index is 0.0501. The summed E-state index contributed by atoms with van der Waals surface area (Å²) in [6.07, 6.45) is 0.587. The Bertz CT molecular complexity index is 1560. The molecule has 1 aromatic carbocycles. The van der Waals surface area contributed by atoms with Gasteiger partial charge in [0.25, 0.3) is 0 Å². The Kier molecular flexibility index (Phi) is 7.29. The summed E-state index contributed by atoms with van der Waals surface area (Å²) in [6, 6.07) is 8.96. The number of hydrogen-bond donors (Lipinski definition) is 2. The molecular formula is C30H32F3N5O2. The molecule has 5 rings (SSSR count). The van der Waals surface area contributed by atoms with Crippen molar-refractivity contribution in [2.45, 2.75) is 71.6 Å². The maximum Gasteiger partial charge on any atom is 0.416 e. The molecule has 1 saturated carbocycles. The predicted octanol–water partition coefficient (Wildman–Crippen LogP) is 7.29. The number of carbonyl (C=O) groups is 1. The van der Waals surface area contributed by atoms with Crippen LogP contribution in [0.5, 0.6) is 0 Å². The van der Waals surface area contributed by atoms with Crippen molar-refractivity contribution in [3.8, 4) is 11.5 Å². The van der Waals surface area contributed by atoms with E-state index in [4.69, 9.17) is 4.98 Å². The molecule has 4 aromatic rings. The first-order valence-corrected chi connectivity index (χ1v) is 13.5. The lowest BCUT2D eigenvalue weighted by Crippen LogP contribution is -2.31. The molecule has 1 aliphatic carbocycles. The van der Waals surface area contributed by atoms with E-state index in [1.807, 2.05) is 16.7 Å². The number of nitrogens with one attached hydrogen (secondary N) is 1. The zero-order valence-electron chi connectivity index (χ0n) is 22.9. The van der Waals surface area contributed by atoms with Crippen LogP contribution >= 0.6 is 0 Å². The fourth-order valence-corrected chi connectivity index (χ4v) is 5.16. The van der Waals surface area contributed by atoms with Crippen molar-refractivity contribution < 1.29 is 23.1 Å². The van der Waals surface area contributed by atoms with Crippen LogP contribution in [0.2, 0.25) is 0 Å². The lowest BCUT2D eigenvalue weighted by Gasteiger charge is -2.32. The number of aromatic carboxylic acids is 1. The second-order valence-corrected chi connectivity index (χ2v) is 10.9. The van der Waals surface area contributed by atoms with Crippen LogP contribution in [-0.4, -0.2) is 36.6 Å². The van der Waals surface area contributed by atoms with Crippen LogP contribution in [0.4, 0.5) is 19.0 Å². The molecule has 1 aliphatic rings. The first-order chi connectivity index (χ1) is 18.9. The van der Waals surface area contributed by atoms with Gasteiger partial charge in [-0.3, -0.25) is 4.98 Å². The predicted molar refractivity (Wildman–Crippen MR) is 148 cm³/mol. The molecule has 0 spiro atoms. The number of nitrogens with zero attached hydrogens (tertiary/aromatic N) is 4. The summed E-state index contributed by atoms with van der Waals surface area (Å²) in [4.78, 5) is 26.2. The molecule has 210 valence electrons. The van der Waals surface area contributed by atoms with Gasteiger partial charge in [-0.15, -0.1) is 0 Å². The molecule has 7 nitrogen and oxygen atoms in total. The molecule has 0 saturated heterocycles. The lowest BCUT2D eigenvalue weighted by molar-refractivity contribution is -0.137. The monoisotopic (exact) mass is 551 g/mol. The van der Waals surface area contributed by atoms with Crippen molar-refractivity contribution in [2.24, 2.45) is 5.92 Å². The minimum atomic E-state index is -4.43. The number of anilines is 1. The number of alkyl halides is 3. The molecule has 1 fully saturated rings. The van der Waals surface area contributed by atoms with Crippen molar-refractivity contribution in [3.05, 3.63) is 70.5 Å². The molecule has 0 aliphatic heterocycles. The van der Waals surface area contributed by atoms with Gasteiger partial charge in [0.2, 0.25) is 0 Å². The molecule has 0 bridgehead atoms. The van der Waals surface area contributed by atoms with Crippen LogP contribution in [0.25, 0.3) is 22.6 Å². The molecule has 0 unspecified atom stereocenters. The highest BCUT2D eigenvalue weighted by Gasteiger charge is 2.31. The van der Waals surface area contributed by atoms with Gasteiger partial charge >= 0.3 is 12.1 Å². The number of carboxylic acids is 1. The van der Waals surface area contributed by atoms with Gasteiger partial charge in [-0.05, 0) is 73.9 Å². The molecule has 1 atom stereocenters. The number of carboxylic acid groups (broad SMARTS) is 1. The first-order valence-electron chi connectivity index (χ1n) is 13.5. The van der Waals surface area contributed by atoms with Crippen molar-refractivity contribution in [1.82, 2.24) is 19.5 Å². The van der Waals surface area contributed by atoms with Crippen LogP contribution in [0.1, 0.15) is 78.7 Å². The lowest BCUT2D eigenvalue weighted by atomic mass is 9.80. The fourth-order valence-electron chi connectivity index (χ4n) is 5.16. The highest BCUT2D eigenvalue weighted by Crippen LogP contribution is 2.36. The second-order valence-electron chi connectivity index (χ2n) is 10.9. The third-order valence-electron chi connectivity index (χ3n) is 7.85. The number of benzene rings is 1. The minimum Gasteiger partial charge on any atom is -0.476 e. The Hall–Kier alpha value is -3.95. The number of pyridine rings is 2. The average molecular weight is 552 g/mol. The zero-order chi connectivity index (χ0) is 28.8. The van der Waals surface area contributed by atoms with E-state index in [1.54, 1.807) is 13.1 Å². The molecule has 0 amide bonds. The van der Waals surface area contributed by atoms with Gasteiger partial charge in [-0.25, -0.2) is 14.8 Å². The molecule has 3 aromatic heterocycles. The quantitative estimate of drug-likeness (QED) is 0.239. The number of rotatable bonds is 8. The van der Waals surface area contributed by atoms with Crippen LogP contribution < -0.4 is 5.32 Å².